The number of pyridine rings is 1. The first kappa shape index (κ1) is 21.4. The van der Waals surface area contributed by atoms with E-state index in [2.05, 4.69) is 6.92 Å². The fourth-order valence-corrected chi connectivity index (χ4v) is 4.50. The van der Waals surface area contributed by atoms with Gasteiger partial charge in [-0.1, -0.05) is 51.1 Å². The molecule has 1 aliphatic rings. The van der Waals surface area contributed by atoms with E-state index in [4.69, 9.17) is 9.57 Å². The molecule has 0 amide bonds. The number of aromatic nitrogens is 1. The molecule has 158 valence electrons. The van der Waals surface area contributed by atoms with Gasteiger partial charge in [0, 0.05) is 18.1 Å². The minimum Gasteiger partial charge on any atom is -0.507 e. The Morgan fingerprint density at radius 3 is 2.52 bits per heavy atom. The summed E-state index contributed by atoms with van der Waals surface area (Å²) in [5.41, 5.74) is 1.09. The Balaban J connectivity index is 2.12. The number of aliphatic hydroxyl groups is 1. The highest BCUT2D eigenvalue weighted by atomic mass is 16.6. The third kappa shape index (κ3) is 4.05. The monoisotopic (exact) mass is 401 g/mol. The highest BCUT2D eigenvalue weighted by Crippen LogP contribution is 2.44. The lowest BCUT2D eigenvalue weighted by molar-refractivity contribution is -0.141. The molecule has 0 saturated carbocycles. The number of hydrogen-bond acceptors (Lipinski definition) is 5. The molecule has 1 aromatic heterocycles. The van der Waals surface area contributed by atoms with Crippen LogP contribution in [0.5, 0.6) is 5.75 Å². The highest BCUT2D eigenvalue weighted by Gasteiger charge is 2.40. The van der Waals surface area contributed by atoms with Crippen molar-refractivity contribution in [2.45, 2.75) is 45.8 Å². The van der Waals surface area contributed by atoms with Crippen molar-refractivity contribution in [1.29, 1.82) is 0 Å². The zero-order valence-corrected chi connectivity index (χ0v) is 17.5. The highest BCUT2D eigenvalue weighted by molar-refractivity contribution is 5.70. The van der Waals surface area contributed by atoms with Gasteiger partial charge in [0.05, 0.1) is 24.0 Å². The zero-order chi connectivity index (χ0) is 21.1. The van der Waals surface area contributed by atoms with Crippen molar-refractivity contribution in [3.63, 3.8) is 0 Å². The summed E-state index contributed by atoms with van der Waals surface area (Å²) < 4.78 is 7.55. The Bertz CT molecular complexity index is 875. The van der Waals surface area contributed by atoms with Gasteiger partial charge in [-0.2, -0.15) is 4.73 Å². The fourth-order valence-electron chi connectivity index (χ4n) is 4.50. The predicted molar refractivity (Wildman–Crippen MR) is 112 cm³/mol. The zero-order valence-electron chi connectivity index (χ0n) is 17.5. The molecule has 0 bridgehead atoms. The molecule has 6 nitrogen and oxygen atoms in total. The summed E-state index contributed by atoms with van der Waals surface area (Å²) in [6.45, 7) is 6.20. The molecule has 1 aromatic carbocycles. The van der Waals surface area contributed by atoms with E-state index in [0.29, 0.717) is 5.56 Å². The van der Waals surface area contributed by atoms with E-state index in [9.17, 15) is 15.0 Å². The van der Waals surface area contributed by atoms with Crippen LogP contribution in [0.2, 0.25) is 0 Å². The van der Waals surface area contributed by atoms with E-state index in [-0.39, 0.29) is 41.8 Å². The van der Waals surface area contributed by atoms with Crippen molar-refractivity contribution >= 4 is 0 Å². The Kier molecular flexibility index (Phi) is 6.65. The van der Waals surface area contributed by atoms with Gasteiger partial charge in [0.25, 0.3) is 5.56 Å². The minimum absolute atomic E-state index is 0.0101. The maximum atomic E-state index is 13.1. The second kappa shape index (κ2) is 9.01. The largest absolute Gasteiger partial charge is 0.507 e. The van der Waals surface area contributed by atoms with Crippen molar-refractivity contribution in [3.8, 4) is 16.9 Å². The number of aromatic hydroxyl groups is 1. The second-order valence-corrected chi connectivity index (χ2v) is 8.05. The summed E-state index contributed by atoms with van der Waals surface area (Å²) in [7, 11) is 1.42. The van der Waals surface area contributed by atoms with E-state index in [0.717, 1.165) is 23.1 Å². The molecule has 0 unspecified atom stereocenters. The van der Waals surface area contributed by atoms with Gasteiger partial charge in [0.2, 0.25) is 0 Å². The van der Waals surface area contributed by atoms with E-state index in [1.807, 2.05) is 44.2 Å². The van der Waals surface area contributed by atoms with Gasteiger partial charge >= 0.3 is 0 Å². The van der Waals surface area contributed by atoms with Crippen LogP contribution in [0.4, 0.5) is 0 Å². The lowest BCUT2D eigenvalue weighted by Crippen LogP contribution is -2.42. The van der Waals surface area contributed by atoms with Crippen LogP contribution in [-0.2, 0) is 4.74 Å². The van der Waals surface area contributed by atoms with Crippen molar-refractivity contribution < 1.29 is 19.8 Å². The lowest BCUT2D eigenvalue weighted by atomic mass is 9.78. The third-order valence-corrected chi connectivity index (χ3v) is 6.10. The van der Waals surface area contributed by atoms with Crippen LogP contribution in [0.15, 0.2) is 41.3 Å². The fraction of sp³-hybridized carbons (Fsp3) is 0.522. The number of aliphatic hydroxyl groups excluding tert-OH is 1. The van der Waals surface area contributed by atoms with Gasteiger partial charge in [-0.05, 0) is 30.2 Å². The Labute approximate surface area is 171 Å². The first-order chi connectivity index (χ1) is 13.9. The van der Waals surface area contributed by atoms with Crippen molar-refractivity contribution in [1.82, 2.24) is 4.73 Å². The van der Waals surface area contributed by atoms with Crippen molar-refractivity contribution in [2.24, 2.45) is 17.8 Å². The number of rotatable bonds is 6. The summed E-state index contributed by atoms with van der Waals surface area (Å²) in [5.74, 6) is 0.204. The molecule has 2 heterocycles. The van der Waals surface area contributed by atoms with E-state index < -0.39 is 11.7 Å². The molecule has 1 fully saturated rings. The molecule has 5 atom stereocenters. The number of benzene rings is 1. The van der Waals surface area contributed by atoms with Gasteiger partial charge < -0.3 is 19.8 Å². The van der Waals surface area contributed by atoms with Crippen LogP contribution in [0.25, 0.3) is 11.1 Å². The maximum absolute atomic E-state index is 13.1. The van der Waals surface area contributed by atoms with Crippen LogP contribution in [0.3, 0.4) is 0 Å². The standard InChI is InChI=1S/C23H31NO5/c1-5-16(13-25)21-14(2)11-15(3)22(29-21)19-20(26)18(12-24(28-4)23(19)27)17-9-7-6-8-10-17/h6-10,12,14-16,21-22,25-26H,5,11,13H2,1-4H3/t14-,15+,16+,21+,22+/m0/s1. The van der Waals surface area contributed by atoms with E-state index in [1.54, 1.807) is 0 Å². The van der Waals surface area contributed by atoms with Crippen LogP contribution in [-0.4, -0.2) is 34.8 Å². The molecule has 0 radical (unpaired) electrons. The molecule has 0 spiro atoms. The molecule has 0 aliphatic carbocycles. The van der Waals surface area contributed by atoms with Crippen LogP contribution >= 0.6 is 0 Å². The van der Waals surface area contributed by atoms with Crippen LogP contribution < -0.4 is 10.4 Å². The summed E-state index contributed by atoms with van der Waals surface area (Å²) in [6.07, 6.45) is 2.38. The summed E-state index contributed by atoms with van der Waals surface area (Å²) >= 11 is 0. The van der Waals surface area contributed by atoms with E-state index in [1.165, 1.54) is 13.3 Å². The van der Waals surface area contributed by atoms with Gasteiger partial charge in [-0.25, -0.2) is 0 Å². The molecule has 6 heteroatoms. The smallest absolute Gasteiger partial charge is 0.292 e. The summed E-state index contributed by atoms with van der Waals surface area (Å²) in [5, 5.41) is 20.9. The molecule has 1 saturated heterocycles. The third-order valence-electron chi connectivity index (χ3n) is 6.10. The number of nitrogens with zero attached hydrogens (tertiary/aromatic N) is 1. The Morgan fingerprint density at radius 1 is 1.24 bits per heavy atom. The molecule has 2 aromatic rings. The minimum atomic E-state index is -0.575. The molecular weight excluding hydrogens is 370 g/mol. The molecule has 2 N–H and O–H groups in total. The first-order valence-electron chi connectivity index (χ1n) is 10.3. The summed E-state index contributed by atoms with van der Waals surface area (Å²) in [4.78, 5) is 18.4. The Hall–Kier alpha value is -2.31. The van der Waals surface area contributed by atoms with Gasteiger partial charge in [-0.3, -0.25) is 4.79 Å². The van der Waals surface area contributed by atoms with Gasteiger partial charge in [-0.15, -0.1) is 0 Å². The topological polar surface area (TPSA) is 80.9 Å². The first-order valence-corrected chi connectivity index (χ1v) is 10.3. The lowest BCUT2D eigenvalue weighted by Gasteiger charge is -2.42. The average Bonchev–Trinajstić information content (AvgIpc) is 2.72. The molecule has 3 rings (SSSR count). The number of ether oxygens (including phenoxy) is 1. The maximum Gasteiger partial charge on any atom is 0.292 e. The molecular formula is C23H31NO5. The van der Waals surface area contributed by atoms with Gasteiger partial charge in [0.1, 0.15) is 12.9 Å². The predicted octanol–water partition coefficient (Wildman–Crippen LogP) is 3.40. The normalized spacial score (nSPS) is 25.6. The SMILES string of the molecule is CC[C@H](CO)[C@@H]1O[C@@H](c2c(O)c(-c3ccccc3)cn(OC)c2=O)[C@H](C)C[C@@H]1C. The molecule has 29 heavy (non-hydrogen) atoms. The quantitative estimate of drug-likeness (QED) is 0.775. The average molecular weight is 402 g/mol. The second-order valence-electron chi connectivity index (χ2n) is 8.05. The number of hydrogen-bond donors (Lipinski definition) is 2. The summed E-state index contributed by atoms with van der Waals surface area (Å²) in [6, 6.07) is 9.39. The van der Waals surface area contributed by atoms with Crippen LogP contribution in [0, 0.1) is 17.8 Å². The van der Waals surface area contributed by atoms with Crippen molar-refractivity contribution in [3.05, 3.63) is 52.4 Å². The molecule has 1 aliphatic heterocycles. The van der Waals surface area contributed by atoms with E-state index >= 15 is 0 Å². The van der Waals surface area contributed by atoms with Crippen LogP contribution in [0.1, 0.15) is 45.3 Å². The Morgan fingerprint density at radius 2 is 1.93 bits per heavy atom. The van der Waals surface area contributed by atoms with Crippen molar-refractivity contribution in [2.75, 3.05) is 13.7 Å². The van der Waals surface area contributed by atoms with Gasteiger partial charge in [0.15, 0.2) is 0 Å².